The zero-order valence-corrected chi connectivity index (χ0v) is 16.7. The molecule has 1 fully saturated rings. The van der Waals surface area contributed by atoms with Gasteiger partial charge in [0, 0.05) is 26.7 Å². The lowest BCUT2D eigenvalue weighted by molar-refractivity contribution is 0.274. The Balaban J connectivity index is 1.63. The maximum atomic E-state index is 11.5. The second-order valence-corrected chi connectivity index (χ2v) is 8.63. The third-order valence-electron chi connectivity index (χ3n) is 4.51. The van der Waals surface area contributed by atoms with Gasteiger partial charge in [-0.3, -0.25) is 4.99 Å². The smallest absolute Gasteiger partial charge is 0.211 e. The Kier molecular flexibility index (Phi) is 7.71. The lowest BCUT2D eigenvalue weighted by Gasteiger charge is -2.30. The molecular weight excluding hydrogens is 352 g/mol. The van der Waals surface area contributed by atoms with Crippen LogP contribution in [0.15, 0.2) is 29.3 Å². The van der Waals surface area contributed by atoms with E-state index in [-0.39, 0.29) is 0 Å². The molecule has 0 bridgehead atoms. The first-order chi connectivity index (χ1) is 12.4. The first-order valence-electron chi connectivity index (χ1n) is 8.97. The summed E-state index contributed by atoms with van der Waals surface area (Å²) in [6.45, 7) is 5.24. The van der Waals surface area contributed by atoms with Gasteiger partial charge in [-0.05, 0) is 37.8 Å². The molecule has 0 radical (unpaired) electrons. The minimum atomic E-state index is -3.06. The average Bonchev–Trinajstić information content (AvgIpc) is 2.62. The maximum absolute atomic E-state index is 11.5. The summed E-state index contributed by atoms with van der Waals surface area (Å²) in [4.78, 5) is 4.22. The predicted molar refractivity (Wildman–Crippen MR) is 105 cm³/mol. The van der Waals surface area contributed by atoms with E-state index in [4.69, 9.17) is 4.74 Å². The number of aryl methyl sites for hydroxylation is 1. The van der Waals surface area contributed by atoms with Crippen LogP contribution < -0.4 is 15.4 Å². The normalized spacial score (nSPS) is 17.1. The Labute approximate surface area is 156 Å². The van der Waals surface area contributed by atoms with Gasteiger partial charge in [0.15, 0.2) is 5.96 Å². The molecule has 2 N–H and O–H groups in total. The Morgan fingerprint density at radius 3 is 2.46 bits per heavy atom. The van der Waals surface area contributed by atoms with E-state index in [1.807, 2.05) is 31.2 Å². The molecule has 7 nitrogen and oxygen atoms in total. The molecule has 0 unspecified atom stereocenters. The van der Waals surface area contributed by atoms with Gasteiger partial charge in [-0.2, -0.15) is 0 Å². The molecule has 0 spiro atoms. The molecule has 2 rings (SSSR count). The van der Waals surface area contributed by atoms with Crippen molar-refractivity contribution in [2.75, 3.05) is 46.1 Å². The van der Waals surface area contributed by atoms with Gasteiger partial charge < -0.3 is 15.4 Å². The molecule has 0 saturated carbocycles. The molecule has 1 aliphatic rings. The molecule has 1 aliphatic heterocycles. The van der Waals surface area contributed by atoms with Crippen LogP contribution >= 0.6 is 0 Å². The fourth-order valence-electron chi connectivity index (χ4n) is 2.88. The number of nitrogens with zero attached hydrogens (tertiary/aromatic N) is 2. The number of aliphatic imine (C=N–C) groups is 1. The van der Waals surface area contributed by atoms with Crippen LogP contribution in [0.5, 0.6) is 5.75 Å². The molecular formula is C18H30N4O3S. The lowest BCUT2D eigenvalue weighted by Crippen LogP contribution is -2.44. The van der Waals surface area contributed by atoms with Gasteiger partial charge in [0.1, 0.15) is 12.4 Å². The number of hydrogen-bond acceptors (Lipinski definition) is 4. The number of nitrogens with one attached hydrogen (secondary N) is 2. The average molecular weight is 383 g/mol. The molecule has 0 amide bonds. The van der Waals surface area contributed by atoms with Crippen LogP contribution in [-0.2, 0) is 10.0 Å². The van der Waals surface area contributed by atoms with Crippen molar-refractivity contribution in [1.82, 2.24) is 14.9 Å². The Hall–Kier alpha value is -1.80. The summed E-state index contributed by atoms with van der Waals surface area (Å²) in [6.07, 6.45) is 3.01. The van der Waals surface area contributed by atoms with Crippen LogP contribution in [0.2, 0.25) is 0 Å². The number of sulfonamides is 1. The third-order valence-corrected chi connectivity index (χ3v) is 5.81. The van der Waals surface area contributed by atoms with Crippen molar-refractivity contribution in [3.8, 4) is 5.75 Å². The summed E-state index contributed by atoms with van der Waals surface area (Å²) in [7, 11) is -1.32. The van der Waals surface area contributed by atoms with Crippen molar-refractivity contribution >= 4 is 16.0 Å². The van der Waals surface area contributed by atoms with Crippen LogP contribution in [0.25, 0.3) is 0 Å². The van der Waals surface area contributed by atoms with E-state index in [0.717, 1.165) is 31.1 Å². The van der Waals surface area contributed by atoms with Crippen LogP contribution in [0.1, 0.15) is 18.4 Å². The zero-order valence-electron chi connectivity index (χ0n) is 15.9. The summed E-state index contributed by atoms with van der Waals surface area (Å²) < 4.78 is 30.3. The first-order valence-corrected chi connectivity index (χ1v) is 10.8. The van der Waals surface area contributed by atoms with Crippen molar-refractivity contribution in [2.45, 2.75) is 19.8 Å². The van der Waals surface area contributed by atoms with E-state index in [1.165, 1.54) is 11.8 Å². The van der Waals surface area contributed by atoms with E-state index >= 15 is 0 Å². The number of benzene rings is 1. The van der Waals surface area contributed by atoms with Crippen molar-refractivity contribution in [3.05, 3.63) is 29.8 Å². The van der Waals surface area contributed by atoms with Gasteiger partial charge in [-0.1, -0.05) is 17.7 Å². The van der Waals surface area contributed by atoms with Crippen LogP contribution in [0.4, 0.5) is 0 Å². The van der Waals surface area contributed by atoms with Gasteiger partial charge in [0.05, 0.1) is 12.8 Å². The highest BCUT2D eigenvalue weighted by Gasteiger charge is 2.24. The van der Waals surface area contributed by atoms with E-state index in [2.05, 4.69) is 15.6 Å². The number of rotatable bonds is 7. The molecule has 1 saturated heterocycles. The van der Waals surface area contributed by atoms with Gasteiger partial charge in [-0.25, -0.2) is 12.7 Å². The number of ether oxygens (including phenoxy) is 1. The van der Waals surface area contributed by atoms with Crippen LogP contribution in [0.3, 0.4) is 0 Å². The zero-order chi connectivity index (χ0) is 19.0. The summed E-state index contributed by atoms with van der Waals surface area (Å²) in [5, 5.41) is 6.55. The molecule has 0 aliphatic carbocycles. The molecule has 8 heteroatoms. The maximum Gasteiger partial charge on any atom is 0.211 e. The second kappa shape index (κ2) is 9.78. The SMILES string of the molecule is CN=C(NCCOc1ccc(C)cc1)NCC1CCN(S(C)(=O)=O)CC1. The van der Waals surface area contributed by atoms with Crippen molar-refractivity contribution in [1.29, 1.82) is 0 Å². The largest absolute Gasteiger partial charge is 0.492 e. The standard InChI is InChI=1S/C18H30N4O3S/c1-15-4-6-17(7-5-15)25-13-10-20-18(19-2)21-14-16-8-11-22(12-9-16)26(3,23)24/h4-7,16H,8-14H2,1-3H3,(H2,19,20,21). The molecule has 26 heavy (non-hydrogen) atoms. The minimum Gasteiger partial charge on any atom is -0.492 e. The van der Waals surface area contributed by atoms with Gasteiger partial charge in [0.2, 0.25) is 10.0 Å². The molecule has 1 aromatic rings. The predicted octanol–water partition coefficient (Wildman–Crippen LogP) is 1.21. The monoisotopic (exact) mass is 382 g/mol. The Morgan fingerprint density at radius 2 is 1.88 bits per heavy atom. The highest BCUT2D eigenvalue weighted by atomic mass is 32.2. The van der Waals surface area contributed by atoms with E-state index in [9.17, 15) is 8.42 Å². The Morgan fingerprint density at radius 1 is 1.23 bits per heavy atom. The van der Waals surface area contributed by atoms with Gasteiger partial charge in [-0.15, -0.1) is 0 Å². The Bertz CT molecular complexity index is 681. The van der Waals surface area contributed by atoms with Crippen LogP contribution in [0, 0.1) is 12.8 Å². The third kappa shape index (κ3) is 6.84. The minimum absolute atomic E-state index is 0.454. The van der Waals surface area contributed by atoms with Crippen LogP contribution in [-0.4, -0.2) is 64.8 Å². The van der Waals surface area contributed by atoms with Gasteiger partial charge in [0.25, 0.3) is 0 Å². The van der Waals surface area contributed by atoms with Gasteiger partial charge >= 0.3 is 0 Å². The van der Waals surface area contributed by atoms with E-state index in [0.29, 0.717) is 32.2 Å². The molecule has 146 valence electrons. The van der Waals surface area contributed by atoms with E-state index in [1.54, 1.807) is 11.4 Å². The van der Waals surface area contributed by atoms with Crippen molar-refractivity contribution in [2.24, 2.45) is 10.9 Å². The van der Waals surface area contributed by atoms with Crippen molar-refractivity contribution in [3.63, 3.8) is 0 Å². The highest BCUT2D eigenvalue weighted by molar-refractivity contribution is 7.88. The quantitative estimate of drug-likeness (QED) is 0.421. The van der Waals surface area contributed by atoms with E-state index < -0.39 is 10.0 Å². The fraction of sp³-hybridized carbons (Fsp3) is 0.611. The highest BCUT2D eigenvalue weighted by Crippen LogP contribution is 2.18. The number of piperidine rings is 1. The van der Waals surface area contributed by atoms with Crippen molar-refractivity contribution < 1.29 is 13.2 Å². The fourth-order valence-corrected chi connectivity index (χ4v) is 3.75. The summed E-state index contributed by atoms with van der Waals surface area (Å²) in [5.74, 6) is 2.05. The second-order valence-electron chi connectivity index (χ2n) is 6.65. The number of hydrogen-bond donors (Lipinski definition) is 2. The topological polar surface area (TPSA) is 83.0 Å². The number of guanidine groups is 1. The summed E-state index contributed by atoms with van der Waals surface area (Å²) >= 11 is 0. The summed E-state index contributed by atoms with van der Waals surface area (Å²) in [5.41, 5.74) is 1.21. The summed E-state index contributed by atoms with van der Waals surface area (Å²) in [6, 6.07) is 7.98. The molecule has 1 aromatic carbocycles. The molecule has 0 aromatic heterocycles. The molecule has 1 heterocycles. The first kappa shape index (κ1) is 20.5. The molecule has 0 atom stereocenters. The lowest BCUT2D eigenvalue weighted by atomic mass is 9.98.